The molecule has 1 fully saturated rings. The van der Waals surface area contributed by atoms with Crippen LogP contribution in [-0.4, -0.2) is 39.9 Å². The third kappa shape index (κ3) is 4.00. The molecule has 1 aliphatic heterocycles. The van der Waals surface area contributed by atoms with Gasteiger partial charge in [-0.15, -0.1) is 0 Å². The van der Waals surface area contributed by atoms with E-state index in [1.807, 2.05) is 48.5 Å². The fraction of sp³-hybridized carbons (Fsp3) is 0.400. The van der Waals surface area contributed by atoms with Crippen molar-refractivity contribution in [2.45, 2.75) is 44.8 Å². The predicted molar refractivity (Wildman–Crippen MR) is 121 cm³/mol. The fourth-order valence-electron chi connectivity index (χ4n) is 4.47. The summed E-state index contributed by atoms with van der Waals surface area (Å²) in [5, 5.41) is 14.1. The second-order valence-electron chi connectivity index (χ2n) is 9.25. The lowest BCUT2D eigenvalue weighted by Crippen LogP contribution is -2.59. The second kappa shape index (κ2) is 8.39. The van der Waals surface area contributed by atoms with Crippen molar-refractivity contribution in [3.05, 3.63) is 54.1 Å². The average molecular weight is 436 g/mol. The van der Waals surface area contributed by atoms with E-state index in [1.54, 1.807) is 13.8 Å². The molecule has 0 saturated heterocycles. The van der Waals surface area contributed by atoms with Crippen LogP contribution < -0.4 is 11.1 Å². The Morgan fingerprint density at radius 1 is 1.12 bits per heavy atom. The van der Waals surface area contributed by atoms with Gasteiger partial charge in [-0.25, -0.2) is 0 Å². The summed E-state index contributed by atoms with van der Waals surface area (Å²) in [4.78, 5) is 40.9. The van der Waals surface area contributed by atoms with Crippen LogP contribution in [-0.2, 0) is 14.4 Å². The monoisotopic (exact) mass is 435 g/mol. The minimum atomic E-state index is -2.38. The number of nitrogens with one attached hydrogen (secondary N) is 1. The number of fused-ring (bicyclic) bond motifs is 3. The molecule has 2 aromatic carbocycles. The molecule has 0 spiro atoms. The molecule has 32 heavy (non-hydrogen) atoms. The van der Waals surface area contributed by atoms with Crippen molar-refractivity contribution in [1.29, 1.82) is 0 Å². The van der Waals surface area contributed by atoms with Crippen LogP contribution in [0.5, 0.6) is 0 Å². The first-order chi connectivity index (χ1) is 15.2. The largest absolute Gasteiger partial charge is 0.372 e. The highest BCUT2D eigenvalue weighted by Crippen LogP contribution is 2.42. The number of aliphatic hydroxyl groups is 1. The van der Waals surface area contributed by atoms with Gasteiger partial charge in [0.25, 0.3) is 17.7 Å². The van der Waals surface area contributed by atoms with Crippen molar-refractivity contribution in [3.63, 3.8) is 0 Å². The molecular weight excluding hydrogens is 406 g/mol. The van der Waals surface area contributed by atoms with Gasteiger partial charge < -0.3 is 21.1 Å². The summed E-state index contributed by atoms with van der Waals surface area (Å²) >= 11 is 0. The Morgan fingerprint density at radius 2 is 1.75 bits per heavy atom. The van der Waals surface area contributed by atoms with Crippen LogP contribution in [0.4, 0.5) is 5.69 Å². The van der Waals surface area contributed by atoms with Crippen molar-refractivity contribution < 1.29 is 19.5 Å². The van der Waals surface area contributed by atoms with Crippen molar-refractivity contribution in [3.8, 4) is 11.1 Å². The second-order valence-corrected chi connectivity index (χ2v) is 9.25. The first-order valence-corrected chi connectivity index (χ1v) is 11.0. The van der Waals surface area contributed by atoms with E-state index in [2.05, 4.69) is 5.32 Å². The number of primary amides is 1. The number of anilines is 1. The van der Waals surface area contributed by atoms with Gasteiger partial charge in [-0.05, 0) is 48.3 Å². The molecule has 1 aliphatic carbocycles. The topological polar surface area (TPSA) is 113 Å². The lowest BCUT2D eigenvalue weighted by Gasteiger charge is -2.37. The molecule has 3 amide bonds. The summed E-state index contributed by atoms with van der Waals surface area (Å²) in [5.41, 5.74) is 6.13. The molecule has 1 heterocycles. The van der Waals surface area contributed by atoms with Gasteiger partial charge in [0.1, 0.15) is 6.04 Å². The molecule has 0 unspecified atom stereocenters. The maximum atomic E-state index is 13.7. The quantitative estimate of drug-likeness (QED) is 0.581. The summed E-state index contributed by atoms with van der Waals surface area (Å²) < 4.78 is 0. The van der Waals surface area contributed by atoms with Crippen molar-refractivity contribution in [2.75, 3.05) is 11.9 Å². The van der Waals surface area contributed by atoms with Crippen molar-refractivity contribution in [1.82, 2.24) is 4.90 Å². The normalized spacial score (nSPS) is 19.2. The Labute approximate surface area is 187 Å². The number of benzene rings is 2. The average Bonchev–Trinajstić information content (AvgIpc) is 3.57. The number of nitrogens with two attached hydrogens (primary N) is 1. The standard InChI is InChI=1S/C25H29N3O4/c1-15(2)13-25(32,23(26)30)24(31)28(14-16-11-12-16)21-19-9-4-3-7-17(19)18-8-5-6-10-20(18)27-22(21)29/h3-10,15-16,21,32H,11-14H2,1-2H3,(H2,26,30)(H,27,29)/t21-,25+/m0/s1. The molecule has 168 valence electrons. The molecule has 0 bridgehead atoms. The van der Waals surface area contributed by atoms with Gasteiger partial charge in [0.15, 0.2) is 0 Å². The molecule has 4 rings (SSSR count). The molecule has 2 atom stereocenters. The summed E-state index contributed by atoms with van der Waals surface area (Å²) in [6, 6.07) is 13.9. The number of rotatable bonds is 7. The lowest BCUT2D eigenvalue weighted by molar-refractivity contribution is -0.164. The summed E-state index contributed by atoms with van der Waals surface area (Å²) in [5.74, 6) is -2.22. The zero-order chi connectivity index (χ0) is 23.0. The molecule has 7 heteroatoms. The number of carbonyl (C=O) groups is 3. The van der Waals surface area contributed by atoms with Gasteiger partial charge in [-0.2, -0.15) is 0 Å². The van der Waals surface area contributed by atoms with Crippen LogP contribution in [0.2, 0.25) is 0 Å². The number of amides is 3. The number of hydrogen-bond acceptors (Lipinski definition) is 4. The van der Waals surface area contributed by atoms with E-state index in [0.29, 0.717) is 11.3 Å². The minimum absolute atomic E-state index is 0.113. The number of hydrogen-bond donors (Lipinski definition) is 3. The van der Waals surface area contributed by atoms with Crippen LogP contribution in [0, 0.1) is 11.8 Å². The summed E-state index contributed by atoms with van der Waals surface area (Å²) in [7, 11) is 0. The molecule has 4 N–H and O–H groups in total. The van der Waals surface area contributed by atoms with Gasteiger partial charge in [-0.3, -0.25) is 14.4 Å². The fourth-order valence-corrected chi connectivity index (χ4v) is 4.47. The van der Waals surface area contributed by atoms with Crippen LogP contribution >= 0.6 is 0 Å². The van der Waals surface area contributed by atoms with Crippen molar-refractivity contribution >= 4 is 23.4 Å². The Hall–Kier alpha value is -3.19. The summed E-state index contributed by atoms with van der Waals surface area (Å²) in [6.45, 7) is 3.88. The van der Waals surface area contributed by atoms with Crippen LogP contribution in [0.1, 0.15) is 44.7 Å². The van der Waals surface area contributed by atoms with Gasteiger partial charge in [0.05, 0.1) is 0 Å². The first kappa shape index (κ1) is 22.0. The maximum Gasteiger partial charge on any atom is 0.265 e. The zero-order valence-corrected chi connectivity index (χ0v) is 18.4. The molecule has 1 saturated carbocycles. The van der Waals surface area contributed by atoms with Gasteiger partial charge in [-0.1, -0.05) is 56.3 Å². The van der Waals surface area contributed by atoms with Crippen LogP contribution in [0.3, 0.4) is 0 Å². The minimum Gasteiger partial charge on any atom is -0.372 e. The van der Waals surface area contributed by atoms with Gasteiger partial charge in [0.2, 0.25) is 5.60 Å². The molecule has 7 nitrogen and oxygen atoms in total. The number of para-hydroxylation sites is 1. The van der Waals surface area contributed by atoms with Crippen LogP contribution in [0.25, 0.3) is 11.1 Å². The Kier molecular flexibility index (Phi) is 5.77. The number of nitrogens with zero attached hydrogens (tertiary/aromatic N) is 1. The molecule has 2 aromatic rings. The highest BCUT2D eigenvalue weighted by molar-refractivity contribution is 6.10. The first-order valence-electron chi connectivity index (χ1n) is 11.0. The molecule has 2 aliphatic rings. The van der Waals surface area contributed by atoms with Gasteiger partial charge in [0, 0.05) is 17.8 Å². The third-order valence-electron chi connectivity index (χ3n) is 6.17. The zero-order valence-electron chi connectivity index (χ0n) is 18.4. The van der Waals surface area contributed by atoms with E-state index < -0.39 is 23.5 Å². The van der Waals surface area contributed by atoms with E-state index in [-0.39, 0.29) is 30.7 Å². The molecule has 0 radical (unpaired) electrons. The highest BCUT2D eigenvalue weighted by atomic mass is 16.3. The van der Waals surface area contributed by atoms with E-state index in [9.17, 15) is 19.5 Å². The predicted octanol–water partition coefficient (Wildman–Crippen LogP) is 2.85. The lowest BCUT2D eigenvalue weighted by atomic mass is 9.88. The molecule has 0 aromatic heterocycles. The molecular formula is C25H29N3O4. The Morgan fingerprint density at radius 3 is 2.38 bits per heavy atom. The SMILES string of the molecule is CC(C)C[C@@](O)(C(N)=O)C(=O)N(CC1CC1)[C@@H]1C(=O)Nc2ccccc2-c2ccccc21. The highest BCUT2D eigenvalue weighted by Gasteiger charge is 2.50. The Balaban J connectivity index is 1.84. The van der Waals surface area contributed by atoms with E-state index >= 15 is 0 Å². The Bertz CT molecular complexity index is 1060. The summed E-state index contributed by atoms with van der Waals surface area (Å²) in [6.07, 6.45) is 1.75. The third-order valence-corrected chi connectivity index (χ3v) is 6.17. The van der Waals surface area contributed by atoms with Crippen molar-refractivity contribution in [2.24, 2.45) is 17.6 Å². The van der Waals surface area contributed by atoms with E-state index in [0.717, 1.165) is 24.0 Å². The van der Waals surface area contributed by atoms with Crippen LogP contribution in [0.15, 0.2) is 48.5 Å². The smallest absolute Gasteiger partial charge is 0.265 e. The maximum absolute atomic E-state index is 13.7. The van der Waals surface area contributed by atoms with E-state index in [4.69, 9.17) is 5.73 Å². The van der Waals surface area contributed by atoms with Gasteiger partial charge >= 0.3 is 0 Å². The number of carbonyl (C=O) groups excluding carboxylic acids is 3. The van der Waals surface area contributed by atoms with E-state index in [1.165, 1.54) is 4.90 Å².